The summed E-state index contributed by atoms with van der Waals surface area (Å²) in [6, 6.07) is 7.82. The number of carbonyl (C=O) groups excluding carboxylic acids is 1. The Morgan fingerprint density at radius 1 is 1.21 bits per heavy atom. The van der Waals surface area contributed by atoms with Crippen molar-refractivity contribution in [2.45, 2.75) is 51.6 Å². The van der Waals surface area contributed by atoms with Gasteiger partial charge in [0.05, 0.1) is 28.1 Å². The van der Waals surface area contributed by atoms with Crippen LogP contribution in [0.25, 0.3) is 0 Å². The Kier molecular flexibility index (Phi) is 4.90. The molecule has 0 atom stereocenters. The largest absolute Gasteiger partial charge is 0.497 e. The van der Waals surface area contributed by atoms with E-state index < -0.39 is 5.41 Å². The fourth-order valence-electron chi connectivity index (χ4n) is 3.48. The van der Waals surface area contributed by atoms with Gasteiger partial charge in [-0.1, -0.05) is 25.0 Å². The van der Waals surface area contributed by atoms with Crippen molar-refractivity contribution in [3.8, 4) is 5.75 Å². The molecule has 0 N–H and O–H groups in total. The van der Waals surface area contributed by atoms with Crippen LogP contribution >= 0.6 is 11.3 Å². The number of methoxy groups -OCH3 is 1. The van der Waals surface area contributed by atoms with Gasteiger partial charge in [0, 0.05) is 0 Å². The zero-order chi connectivity index (χ0) is 17.2. The van der Waals surface area contributed by atoms with E-state index in [2.05, 4.69) is 4.98 Å². The summed E-state index contributed by atoms with van der Waals surface area (Å²) in [5, 5.41) is 1.00. The van der Waals surface area contributed by atoms with Crippen LogP contribution in [0.15, 0.2) is 24.3 Å². The van der Waals surface area contributed by atoms with Crippen molar-refractivity contribution in [2.24, 2.45) is 0 Å². The predicted molar refractivity (Wildman–Crippen MR) is 94.5 cm³/mol. The van der Waals surface area contributed by atoms with Crippen LogP contribution in [0.3, 0.4) is 0 Å². The summed E-state index contributed by atoms with van der Waals surface area (Å²) < 4.78 is 10.9. The first kappa shape index (κ1) is 17.0. The molecule has 0 aliphatic heterocycles. The Hall–Kier alpha value is -1.88. The molecule has 1 aliphatic rings. The first-order valence-corrected chi connectivity index (χ1v) is 9.11. The number of carbonyl (C=O) groups is 1. The van der Waals surface area contributed by atoms with E-state index in [1.165, 1.54) is 0 Å². The lowest BCUT2D eigenvalue weighted by molar-refractivity contribution is -0.151. The fourth-order valence-corrected chi connectivity index (χ4v) is 4.33. The minimum atomic E-state index is -0.514. The number of benzene rings is 1. The van der Waals surface area contributed by atoms with E-state index in [0.717, 1.165) is 52.6 Å². The van der Waals surface area contributed by atoms with Gasteiger partial charge in [0.15, 0.2) is 0 Å². The fraction of sp³-hybridized carbons (Fsp3) is 0.474. The van der Waals surface area contributed by atoms with Gasteiger partial charge in [-0.2, -0.15) is 0 Å². The van der Waals surface area contributed by atoms with Gasteiger partial charge in [-0.3, -0.25) is 4.79 Å². The minimum absolute atomic E-state index is 0.115. The summed E-state index contributed by atoms with van der Waals surface area (Å²) in [5.74, 6) is 0.687. The molecule has 1 fully saturated rings. The Labute approximate surface area is 146 Å². The van der Waals surface area contributed by atoms with E-state index in [9.17, 15) is 4.79 Å². The van der Waals surface area contributed by atoms with Crippen LogP contribution in [-0.2, 0) is 21.6 Å². The van der Waals surface area contributed by atoms with Crippen molar-refractivity contribution >= 4 is 17.3 Å². The van der Waals surface area contributed by atoms with E-state index in [1.54, 1.807) is 18.4 Å². The molecule has 3 rings (SSSR count). The van der Waals surface area contributed by atoms with Gasteiger partial charge >= 0.3 is 5.97 Å². The van der Waals surface area contributed by atoms with E-state index in [0.29, 0.717) is 6.61 Å². The summed E-state index contributed by atoms with van der Waals surface area (Å²) in [6.07, 6.45) is 3.80. The lowest BCUT2D eigenvalue weighted by Crippen LogP contribution is -2.34. The third kappa shape index (κ3) is 3.18. The molecule has 0 amide bonds. The van der Waals surface area contributed by atoms with Crippen molar-refractivity contribution < 1.29 is 14.3 Å². The molecule has 0 unspecified atom stereocenters. The maximum absolute atomic E-state index is 12.9. The molecular weight excluding hydrogens is 322 g/mol. The average molecular weight is 345 g/mol. The molecule has 1 aliphatic carbocycles. The molecule has 0 spiro atoms. The van der Waals surface area contributed by atoms with Crippen LogP contribution < -0.4 is 4.74 Å². The molecule has 2 aromatic rings. The normalized spacial score (nSPS) is 16.1. The van der Waals surface area contributed by atoms with E-state index in [-0.39, 0.29) is 5.97 Å². The highest BCUT2D eigenvalue weighted by atomic mass is 32.1. The van der Waals surface area contributed by atoms with Gasteiger partial charge in [-0.25, -0.2) is 4.98 Å². The maximum Gasteiger partial charge on any atom is 0.316 e. The number of aromatic nitrogens is 1. The summed E-state index contributed by atoms with van der Waals surface area (Å²) in [5.41, 5.74) is 1.47. The van der Waals surface area contributed by atoms with Crippen molar-refractivity contribution in [3.05, 3.63) is 45.4 Å². The SMILES string of the molecule is COc1ccc(C2(C(=O)OCc3sc(C)nc3C)CCCC2)cc1. The summed E-state index contributed by atoms with van der Waals surface area (Å²) in [7, 11) is 1.65. The second-order valence-corrected chi connectivity index (χ2v) is 7.62. The number of nitrogens with zero attached hydrogens (tertiary/aromatic N) is 1. The number of hydrogen-bond donors (Lipinski definition) is 0. The molecule has 0 bridgehead atoms. The standard InChI is InChI=1S/C19H23NO3S/c1-13-17(24-14(2)20-13)12-23-18(21)19(10-4-5-11-19)15-6-8-16(22-3)9-7-15/h6-9H,4-5,10-12H2,1-3H3. The molecule has 5 heteroatoms. The lowest BCUT2D eigenvalue weighted by Gasteiger charge is -2.27. The van der Waals surface area contributed by atoms with Crippen LogP contribution in [-0.4, -0.2) is 18.1 Å². The molecule has 4 nitrogen and oxygen atoms in total. The minimum Gasteiger partial charge on any atom is -0.497 e. The first-order chi connectivity index (χ1) is 11.5. The molecule has 1 saturated carbocycles. The summed E-state index contributed by atoms with van der Waals surface area (Å²) in [4.78, 5) is 18.4. The van der Waals surface area contributed by atoms with E-state index >= 15 is 0 Å². The second kappa shape index (κ2) is 6.93. The first-order valence-electron chi connectivity index (χ1n) is 8.30. The van der Waals surface area contributed by atoms with Crippen LogP contribution in [0.2, 0.25) is 0 Å². The average Bonchev–Trinajstić information content (AvgIpc) is 3.20. The van der Waals surface area contributed by atoms with Crippen LogP contribution in [0, 0.1) is 13.8 Å². The van der Waals surface area contributed by atoms with E-state index in [4.69, 9.17) is 9.47 Å². The highest BCUT2D eigenvalue weighted by Crippen LogP contribution is 2.43. The quantitative estimate of drug-likeness (QED) is 0.757. The van der Waals surface area contributed by atoms with Crippen LogP contribution in [0.1, 0.15) is 46.8 Å². The number of rotatable bonds is 5. The molecule has 24 heavy (non-hydrogen) atoms. The molecule has 0 radical (unpaired) electrons. The molecular formula is C19H23NO3S. The number of thiazole rings is 1. The smallest absolute Gasteiger partial charge is 0.316 e. The Bertz CT molecular complexity index is 715. The Morgan fingerprint density at radius 2 is 1.88 bits per heavy atom. The second-order valence-electron chi connectivity index (χ2n) is 6.34. The lowest BCUT2D eigenvalue weighted by atomic mass is 9.79. The van der Waals surface area contributed by atoms with Crippen LogP contribution in [0.5, 0.6) is 5.75 Å². The molecule has 0 saturated heterocycles. The Morgan fingerprint density at radius 3 is 2.42 bits per heavy atom. The number of hydrogen-bond acceptors (Lipinski definition) is 5. The zero-order valence-corrected chi connectivity index (χ0v) is 15.2. The number of ether oxygens (including phenoxy) is 2. The monoisotopic (exact) mass is 345 g/mol. The Balaban J connectivity index is 1.79. The van der Waals surface area contributed by atoms with Gasteiger partial charge in [0.1, 0.15) is 12.4 Å². The van der Waals surface area contributed by atoms with E-state index in [1.807, 2.05) is 38.1 Å². The molecule has 128 valence electrons. The van der Waals surface area contributed by atoms with Gasteiger partial charge in [0.25, 0.3) is 0 Å². The van der Waals surface area contributed by atoms with Crippen molar-refractivity contribution in [3.63, 3.8) is 0 Å². The highest BCUT2D eigenvalue weighted by molar-refractivity contribution is 7.11. The molecule has 1 aromatic heterocycles. The highest BCUT2D eigenvalue weighted by Gasteiger charge is 2.44. The van der Waals surface area contributed by atoms with Gasteiger partial charge in [-0.05, 0) is 44.4 Å². The topological polar surface area (TPSA) is 48.4 Å². The number of esters is 1. The van der Waals surface area contributed by atoms with Gasteiger partial charge in [0.2, 0.25) is 0 Å². The third-order valence-electron chi connectivity index (χ3n) is 4.82. The summed E-state index contributed by atoms with van der Waals surface area (Å²) >= 11 is 1.59. The van der Waals surface area contributed by atoms with Crippen molar-refractivity contribution in [1.29, 1.82) is 0 Å². The maximum atomic E-state index is 12.9. The van der Waals surface area contributed by atoms with Gasteiger partial charge in [-0.15, -0.1) is 11.3 Å². The molecule has 1 heterocycles. The predicted octanol–water partition coefficient (Wildman–Crippen LogP) is 4.32. The van der Waals surface area contributed by atoms with Crippen molar-refractivity contribution in [2.75, 3.05) is 7.11 Å². The third-order valence-corrected chi connectivity index (χ3v) is 5.87. The van der Waals surface area contributed by atoms with Gasteiger partial charge < -0.3 is 9.47 Å². The number of aryl methyl sites for hydroxylation is 2. The van der Waals surface area contributed by atoms with Crippen LogP contribution in [0.4, 0.5) is 0 Å². The van der Waals surface area contributed by atoms with Crippen molar-refractivity contribution in [1.82, 2.24) is 4.98 Å². The zero-order valence-electron chi connectivity index (χ0n) is 14.4. The molecule has 1 aromatic carbocycles. The summed E-state index contributed by atoms with van der Waals surface area (Å²) in [6.45, 7) is 4.24.